The van der Waals surface area contributed by atoms with Gasteiger partial charge in [-0.15, -0.1) is 0 Å². The van der Waals surface area contributed by atoms with E-state index in [-0.39, 0.29) is 30.0 Å². The first-order valence-corrected chi connectivity index (χ1v) is 6.88. The van der Waals surface area contributed by atoms with E-state index in [1.54, 1.807) is 30.1 Å². The molecule has 0 atom stereocenters. The number of halogens is 1. The molecule has 0 spiro atoms. The second-order valence-corrected chi connectivity index (χ2v) is 4.93. The quantitative estimate of drug-likeness (QED) is 0.829. The molecule has 0 N–H and O–H groups in total. The van der Waals surface area contributed by atoms with E-state index in [9.17, 15) is 9.18 Å². The van der Waals surface area contributed by atoms with Crippen LogP contribution in [0, 0.1) is 11.7 Å². The number of amides is 1. The van der Waals surface area contributed by atoms with Crippen LogP contribution in [0.3, 0.4) is 0 Å². The topological polar surface area (TPSA) is 38.8 Å². The van der Waals surface area contributed by atoms with Crippen molar-refractivity contribution in [2.45, 2.75) is 12.8 Å². The fourth-order valence-corrected chi connectivity index (χ4v) is 2.22. The van der Waals surface area contributed by atoms with Crippen molar-refractivity contribution in [1.29, 1.82) is 0 Å². The number of benzene rings is 1. The molecule has 0 saturated carbocycles. The van der Waals surface area contributed by atoms with Crippen molar-refractivity contribution in [3.05, 3.63) is 30.1 Å². The molecule has 2 rings (SSSR count). The lowest BCUT2D eigenvalue weighted by molar-refractivity contribution is -0.137. The minimum absolute atomic E-state index is 0.0437. The third-order valence-electron chi connectivity index (χ3n) is 3.47. The van der Waals surface area contributed by atoms with Crippen LogP contribution in [0.25, 0.3) is 0 Å². The Morgan fingerprint density at radius 1 is 1.40 bits per heavy atom. The highest BCUT2D eigenvalue weighted by Crippen LogP contribution is 2.18. The summed E-state index contributed by atoms with van der Waals surface area (Å²) >= 11 is 0. The minimum Gasteiger partial charge on any atom is -0.489 e. The molecule has 110 valence electrons. The molecule has 1 aliphatic rings. The number of rotatable bonds is 5. The first-order valence-electron chi connectivity index (χ1n) is 6.88. The largest absolute Gasteiger partial charge is 0.489 e. The van der Waals surface area contributed by atoms with Gasteiger partial charge >= 0.3 is 0 Å². The molecule has 1 fully saturated rings. The van der Waals surface area contributed by atoms with E-state index in [1.807, 2.05) is 0 Å². The van der Waals surface area contributed by atoms with E-state index in [1.165, 1.54) is 6.07 Å². The van der Waals surface area contributed by atoms with Gasteiger partial charge in [-0.25, -0.2) is 4.39 Å². The van der Waals surface area contributed by atoms with Crippen LogP contribution < -0.4 is 4.74 Å². The Balaban J connectivity index is 1.75. The van der Waals surface area contributed by atoms with Gasteiger partial charge in [-0.1, -0.05) is 12.1 Å². The average molecular weight is 281 g/mol. The number of likely N-dealkylation sites (N-methyl/N-ethyl adjacent to an activating group) is 1. The third kappa shape index (κ3) is 3.93. The monoisotopic (exact) mass is 281 g/mol. The van der Waals surface area contributed by atoms with Gasteiger partial charge in [-0.2, -0.15) is 0 Å². The van der Waals surface area contributed by atoms with E-state index in [4.69, 9.17) is 9.47 Å². The maximum absolute atomic E-state index is 13.3. The summed E-state index contributed by atoms with van der Waals surface area (Å²) < 4.78 is 23.9. The number of ether oxygens (including phenoxy) is 2. The summed E-state index contributed by atoms with van der Waals surface area (Å²) in [5.74, 6) is -0.00188. The van der Waals surface area contributed by atoms with Crippen LogP contribution in [0.2, 0.25) is 0 Å². The molecular formula is C15H20FNO3. The smallest absolute Gasteiger partial charge is 0.225 e. The Hall–Kier alpha value is -1.62. The normalized spacial score (nSPS) is 15.9. The minimum atomic E-state index is -0.383. The fourth-order valence-electron chi connectivity index (χ4n) is 2.22. The van der Waals surface area contributed by atoms with Gasteiger partial charge in [-0.05, 0) is 25.0 Å². The predicted molar refractivity (Wildman–Crippen MR) is 73.1 cm³/mol. The van der Waals surface area contributed by atoms with Gasteiger partial charge in [0.1, 0.15) is 6.61 Å². The molecule has 1 aromatic carbocycles. The van der Waals surface area contributed by atoms with Crippen LogP contribution >= 0.6 is 0 Å². The Morgan fingerprint density at radius 3 is 2.80 bits per heavy atom. The van der Waals surface area contributed by atoms with Crippen molar-refractivity contribution in [2.75, 3.05) is 33.4 Å². The zero-order valence-corrected chi connectivity index (χ0v) is 11.7. The molecular weight excluding hydrogens is 261 g/mol. The molecule has 4 nitrogen and oxygen atoms in total. The lowest BCUT2D eigenvalue weighted by Crippen LogP contribution is -2.38. The van der Waals surface area contributed by atoms with Crippen molar-refractivity contribution in [3.8, 4) is 5.75 Å². The Morgan fingerprint density at radius 2 is 2.10 bits per heavy atom. The number of hydrogen-bond acceptors (Lipinski definition) is 3. The van der Waals surface area contributed by atoms with E-state index >= 15 is 0 Å². The van der Waals surface area contributed by atoms with Gasteiger partial charge in [0.25, 0.3) is 0 Å². The molecule has 0 aliphatic carbocycles. The van der Waals surface area contributed by atoms with Gasteiger partial charge in [-0.3, -0.25) is 4.79 Å². The second kappa shape index (κ2) is 7.24. The van der Waals surface area contributed by atoms with Gasteiger partial charge in [0.05, 0.1) is 6.54 Å². The molecule has 5 heteroatoms. The summed E-state index contributed by atoms with van der Waals surface area (Å²) in [6, 6.07) is 6.26. The Kier molecular flexibility index (Phi) is 5.35. The van der Waals surface area contributed by atoms with Crippen LogP contribution in [0.5, 0.6) is 5.75 Å². The summed E-state index contributed by atoms with van der Waals surface area (Å²) in [5, 5.41) is 0. The van der Waals surface area contributed by atoms with Crippen LogP contribution in [-0.2, 0) is 9.53 Å². The maximum atomic E-state index is 13.3. The highest BCUT2D eigenvalue weighted by atomic mass is 19.1. The molecule has 1 aliphatic heterocycles. The SMILES string of the molecule is CN(CCOc1ccccc1F)C(=O)C1CCOCC1. The van der Waals surface area contributed by atoms with E-state index in [2.05, 4.69) is 0 Å². The highest BCUT2D eigenvalue weighted by molar-refractivity contribution is 5.78. The number of carbonyl (C=O) groups excluding carboxylic acids is 1. The molecule has 20 heavy (non-hydrogen) atoms. The number of hydrogen-bond donors (Lipinski definition) is 0. The predicted octanol–water partition coefficient (Wildman–Crippen LogP) is 2.09. The molecule has 1 heterocycles. The van der Waals surface area contributed by atoms with Crippen molar-refractivity contribution in [2.24, 2.45) is 5.92 Å². The summed E-state index contributed by atoms with van der Waals surface area (Å²) in [6.07, 6.45) is 1.55. The molecule has 0 radical (unpaired) electrons. The summed E-state index contributed by atoms with van der Waals surface area (Å²) in [6.45, 7) is 2.03. The number of para-hydroxylation sites is 1. The summed E-state index contributed by atoms with van der Waals surface area (Å²) in [7, 11) is 1.75. The van der Waals surface area contributed by atoms with Crippen LogP contribution in [0.15, 0.2) is 24.3 Å². The average Bonchev–Trinajstić information content (AvgIpc) is 2.49. The first kappa shape index (κ1) is 14.8. The summed E-state index contributed by atoms with van der Waals surface area (Å²) in [4.78, 5) is 13.8. The van der Waals surface area contributed by atoms with Crippen molar-refractivity contribution >= 4 is 5.91 Å². The van der Waals surface area contributed by atoms with Crippen molar-refractivity contribution < 1.29 is 18.7 Å². The first-order chi connectivity index (χ1) is 9.68. The number of nitrogens with zero attached hydrogens (tertiary/aromatic N) is 1. The van der Waals surface area contributed by atoms with Gasteiger partial charge in [0, 0.05) is 26.2 Å². The molecule has 0 bridgehead atoms. The second-order valence-electron chi connectivity index (χ2n) is 4.93. The van der Waals surface area contributed by atoms with Gasteiger partial charge in [0.2, 0.25) is 5.91 Å². The standard InChI is InChI=1S/C15H20FNO3/c1-17(15(18)12-6-9-19-10-7-12)8-11-20-14-5-3-2-4-13(14)16/h2-5,12H,6-11H2,1H3. The molecule has 1 aromatic rings. The van der Waals surface area contributed by atoms with E-state index in [0.717, 1.165) is 12.8 Å². The lowest BCUT2D eigenvalue weighted by atomic mass is 9.99. The van der Waals surface area contributed by atoms with Crippen molar-refractivity contribution in [1.82, 2.24) is 4.90 Å². The molecule has 0 aromatic heterocycles. The van der Waals surface area contributed by atoms with Crippen molar-refractivity contribution in [3.63, 3.8) is 0 Å². The van der Waals surface area contributed by atoms with Crippen LogP contribution in [0.4, 0.5) is 4.39 Å². The van der Waals surface area contributed by atoms with Crippen LogP contribution in [-0.4, -0.2) is 44.2 Å². The third-order valence-corrected chi connectivity index (χ3v) is 3.47. The lowest BCUT2D eigenvalue weighted by Gasteiger charge is -2.26. The molecule has 1 amide bonds. The Labute approximate surface area is 118 Å². The van der Waals surface area contributed by atoms with Crippen LogP contribution in [0.1, 0.15) is 12.8 Å². The maximum Gasteiger partial charge on any atom is 0.225 e. The molecule has 1 saturated heterocycles. The zero-order valence-electron chi connectivity index (χ0n) is 11.7. The van der Waals surface area contributed by atoms with E-state index < -0.39 is 0 Å². The van der Waals surface area contributed by atoms with Gasteiger partial charge < -0.3 is 14.4 Å². The summed E-state index contributed by atoms with van der Waals surface area (Å²) in [5.41, 5.74) is 0. The highest BCUT2D eigenvalue weighted by Gasteiger charge is 2.24. The zero-order chi connectivity index (χ0) is 14.4. The number of carbonyl (C=O) groups is 1. The fraction of sp³-hybridized carbons (Fsp3) is 0.533. The molecule has 0 unspecified atom stereocenters. The van der Waals surface area contributed by atoms with E-state index in [0.29, 0.717) is 19.8 Å². The Bertz CT molecular complexity index is 446. The van der Waals surface area contributed by atoms with Gasteiger partial charge in [0.15, 0.2) is 11.6 Å².